The second-order valence-corrected chi connectivity index (χ2v) is 6.42. The van der Waals surface area contributed by atoms with Crippen LogP contribution in [0.1, 0.15) is 29.2 Å². The normalized spacial score (nSPS) is 12.4. The minimum absolute atomic E-state index is 0. The van der Waals surface area contributed by atoms with Gasteiger partial charge in [-0.1, -0.05) is 54.6 Å². The molecule has 0 heterocycles. The van der Waals surface area contributed by atoms with Crippen molar-refractivity contribution in [2.75, 3.05) is 6.54 Å². The van der Waals surface area contributed by atoms with Gasteiger partial charge >= 0.3 is 6.18 Å². The smallest absolute Gasteiger partial charge is 0.309 e. The van der Waals surface area contributed by atoms with Gasteiger partial charge in [0, 0.05) is 12.5 Å². The molecule has 148 valence electrons. The zero-order valence-electron chi connectivity index (χ0n) is 15.1. The average Bonchev–Trinajstić information content (AvgIpc) is 2.67. The van der Waals surface area contributed by atoms with Crippen molar-refractivity contribution >= 4 is 29.5 Å². The highest BCUT2D eigenvalue weighted by Crippen LogP contribution is 2.31. The van der Waals surface area contributed by atoms with Crippen molar-refractivity contribution in [3.05, 3.63) is 83.4 Å². The van der Waals surface area contributed by atoms with Crippen LogP contribution in [-0.2, 0) is 17.4 Å². The first-order valence-corrected chi connectivity index (χ1v) is 8.80. The SMILES string of the molecule is Cl.O=CC[C@@H](NCCc1cccc2ccccc12)c1cccc(C(F)(F)F)c1. The van der Waals surface area contributed by atoms with Crippen LogP contribution in [0.3, 0.4) is 0 Å². The molecular formula is C22H21ClF3NO. The number of hydrogen-bond acceptors (Lipinski definition) is 2. The molecule has 0 bridgehead atoms. The fourth-order valence-electron chi connectivity index (χ4n) is 3.26. The van der Waals surface area contributed by atoms with Crippen molar-refractivity contribution in [3.8, 4) is 0 Å². The molecule has 0 radical (unpaired) electrons. The van der Waals surface area contributed by atoms with Gasteiger partial charge in [-0.05, 0) is 47.0 Å². The zero-order valence-corrected chi connectivity index (χ0v) is 15.9. The van der Waals surface area contributed by atoms with Crippen LogP contribution in [0.15, 0.2) is 66.7 Å². The maximum atomic E-state index is 12.9. The molecule has 0 aliphatic rings. The van der Waals surface area contributed by atoms with Crippen molar-refractivity contribution in [2.24, 2.45) is 0 Å². The third kappa shape index (κ3) is 5.33. The van der Waals surface area contributed by atoms with Crippen LogP contribution in [0, 0.1) is 0 Å². The lowest BCUT2D eigenvalue weighted by Gasteiger charge is -2.19. The van der Waals surface area contributed by atoms with E-state index in [0.29, 0.717) is 12.1 Å². The Kier molecular flexibility index (Phi) is 7.61. The minimum atomic E-state index is -4.40. The van der Waals surface area contributed by atoms with Crippen molar-refractivity contribution < 1.29 is 18.0 Å². The number of alkyl halides is 3. The average molecular weight is 408 g/mol. The minimum Gasteiger partial charge on any atom is -0.309 e. The number of aldehydes is 1. The highest BCUT2D eigenvalue weighted by atomic mass is 35.5. The van der Waals surface area contributed by atoms with Crippen LogP contribution < -0.4 is 5.32 Å². The van der Waals surface area contributed by atoms with Gasteiger partial charge in [0.1, 0.15) is 6.29 Å². The summed E-state index contributed by atoms with van der Waals surface area (Å²) in [4.78, 5) is 11.0. The summed E-state index contributed by atoms with van der Waals surface area (Å²) < 4.78 is 38.8. The number of carbonyl (C=O) groups is 1. The Morgan fingerprint density at radius 3 is 2.43 bits per heavy atom. The Bertz CT molecular complexity index is 922. The first kappa shape index (κ1) is 21.9. The molecule has 3 rings (SSSR count). The lowest BCUT2D eigenvalue weighted by molar-refractivity contribution is -0.137. The molecule has 1 N–H and O–H groups in total. The number of carbonyl (C=O) groups excluding carboxylic acids is 1. The predicted octanol–water partition coefficient (Wildman–Crippen LogP) is 5.74. The number of rotatable bonds is 7. The van der Waals surface area contributed by atoms with Gasteiger partial charge < -0.3 is 10.1 Å². The number of benzene rings is 3. The number of hydrogen-bond donors (Lipinski definition) is 1. The van der Waals surface area contributed by atoms with Gasteiger partial charge in [0.2, 0.25) is 0 Å². The standard InChI is InChI=1S/C22H20F3NO.ClH/c23-22(24,25)19-9-4-8-18(15-19)21(12-14-27)26-13-11-17-7-3-6-16-5-1-2-10-20(16)17;/h1-10,14-15,21,26H,11-13H2;1H/t21-;/m1./s1. The summed E-state index contributed by atoms with van der Waals surface area (Å²) in [6, 6.07) is 18.9. The first-order valence-electron chi connectivity index (χ1n) is 8.80. The maximum absolute atomic E-state index is 12.9. The van der Waals surface area contributed by atoms with Crippen molar-refractivity contribution in [1.82, 2.24) is 5.32 Å². The fraction of sp³-hybridized carbons (Fsp3) is 0.227. The summed E-state index contributed by atoms with van der Waals surface area (Å²) in [7, 11) is 0. The largest absolute Gasteiger partial charge is 0.416 e. The van der Waals surface area contributed by atoms with Gasteiger partial charge in [-0.2, -0.15) is 13.2 Å². The van der Waals surface area contributed by atoms with Crippen LogP contribution in [0.5, 0.6) is 0 Å². The monoisotopic (exact) mass is 407 g/mol. The molecule has 0 fully saturated rings. The van der Waals surface area contributed by atoms with Crippen LogP contribution in [0.4, 0.5) is 13.2 Å². The van der Waals surface area contributed by atoms with E-state index < -0.39 is 17.8 Å². The Morgan fingerprint density at radius 1 is 0.964 bits per heavy atom. The highest BCUT2D eigenvalue weighted by molar-refractivity contribution is 5.86. The molecule has 0 spiro atoms. The van der Waals surface area contributed by atoms with Crippen LogP contribution in [0.2, 0.25) is 0 Å². The number of fused-ring (bicyclic) bond motifs is 1. The summed E-state index contributed by atoms with van der Waals surface area (Å²) in [5.41, 5.74) is 0.927. The molecule has 1 atom stereocenters. The summed E-state index contributed by atoms with van der Waals surface area (Å²) in [5.74, 6) is 0. The molecule has 28 heavy (non-hydrogen) atoms. The van der Waals surface area contributed by atoms with E-state index in [4.69, 9.17) is 0 Å². The van der Waals surface area contributed by atoms with Crippen molar-refractivity contribution in [1.29, 1.82) is 0 Å². The van der Waals surface area contributed by atoms with E-state index in [-0.39, 0.29) is 18.8 Å². The molecule has 3 aromatic rings. The molecule has 0 aromatic heterocycles. The molecule has 0 amide bonds. The van der Waals surface area contributed by atoms with E-state index >= 15 is 0 Å². The topological polar surface area (TPSA) is 29.1 Å². The van der Waals surface area contributed by atoms with Crippen molar-refractivity contribution in [2.45, 2.75) is 25.1 Å². The summed E-state index contributed by atoms with van der Waals surface area (Å²) in [6.45, 7) is 0.558. The lowest BCUT2D eigenvalue weighted by atomic mass is 10.00. The Hall–Kier alpha value is -2.37. The maximum Gasteiger partial charge on any atom is 0.416 e. The Labute approximate surface area is 168 Å². The molecule has 6 heteroatoms. The highest BCUT2D eigenvalue weighted by Gasteiger charge is 2.30. The van der Waals surface area contributed by atoms with Gasteiger partial charge in [0.25, 0.3) is 0 Å². The van der Waals surface area contributed by atoms with E-state index in [1.54, 1.807) is 6.07 Å². The first-order chi connectivity index (χ1) is 13.0. The van der Waals surface area contributed by atoms with Crippen LogP contribution in [0.25, 0.3) is 10.8 Å². The number of nitrogens with one attached hydrogen (secondary N) is 1. The molecule has 0 aliphatic heterocycles. The van der Waals surface area contributed by atoms with Crippen LogP contribution in [-0.4, -0.2) is 12.8 Å². The third-order valence-electron chi connectivity index (χ3n) is 4.61. The fourth-order valence-corrected chi connectivity index (χ4v) is 3.26. The summed E-state index contributed by atoms with van der Waals surface area (Å²) in [6.07, 6.45) is -2.83. The Morgan fingerprint density at radius 2 is 1.68 bits per heavy atom. The predicted molar refractivity (Wildman–Crippen MR) is 108 cm³/mol. The van der Waals surface area contributed by atoms with Crippen molar-refractivity contribution in [3.63, 3.8) is 0 Å². The molecule has 3 aromatic carbocycles. The van der Waals surface area contributed by atoms with E-state index in [1.807, 2.05) is 36.4 Å². The van der Waals surface area contributed by atoms with E-state index in [2.05, 4.69) is 11.4 Å². The summed E-state index contributed by atoms with van der Waals surface area (Å²) >= 11 is 0. The second-order valence-electron chi connectivity index (χ2n) is 6.42. The van der Waals surface area contributed by atoms with E-state index in [9.17, 15) is 18.0 Å². The second kappa shape index (κ2) is 9.71. The van der Waals surface area contributed by atoms with E-state index in [0.717, 1.165) is 41.2 Å². The zero-order chi connectivity index (χ0) is 19.3. The van der Waals surface area contributed by atoms with Gasteiger partial charge in [0.15, 0.2) is 0 Å². The van der Waals surface area contributed by atoms with Gasteiger partial charge in [-0.25, -0.2) is 0 Å². The molecule has 0 saturated carbocycles. The molecule has 0 saturated heterocycles. The quantitative estimate of drug-likeness (QED) is 0.506. The van der Waals surface area contributed by atoms with Gasteiger partial charge in [0.05, 0.1) is 5.56 Å². The molecule has 2 nitrogen and oxygen atoms in total. The Balaban J connectivity index is 0.00000280. The van der Waals surface area contributed by atoms with Gasteiger partial charge in [-0.3, -0.25) is 0 Å². The van der Waals surface area contributed by atoms with Gasteiger partial charge in [-0.15, -0.1) is 12.4 Å². The molecule has 0 aliphatic carbocycles. The van der Waals surface area contributed by atoms with Crippen LogP contribution >= 0.6 is 12.4 Å². The lowest BCUT2D eigenvalue weighted by Crippen LogP contribution is -2.24. The summed E-state index contributed by atoms with van der Waals surface area (Å²) in [5, 5.41) is 5.54. The molecule has 0 unspecified atom stereocenters. The van der Waals surface area contributed by atoms with E-state index in [1.165, 1.54) is 6.07 Å². The third-order valence-corrected chi connectivity index (χ3v) is 4.61. The molecular weight excluding hydrogens is 387 g/mol. The number of halogens is 4.